The van der Waals surface area contributed by atoms with Gasteiger partial charge in [-0.1, -0.05) is 5.16 Å². The van der Waals surface area contributed by atoms with Gasteiger partial charge in [-0.3, -0.25) is 4.90 Å². The van der Waals surface area contributed by atoms with Gasteiger partial charge in [0.2, 0.25) is 11.6 Å². The van der Waals surface area contributed by atoms with E-state index >= 15 is 0 Å². The minimum Gasteiger partial charge on any atom is -0.473 e. The van der Waals surface area contributed by atoms with Gasteiger partial charge < -0.3 is 25.2 Å². The Morgan fingerprint density at radius 2 is 2.15 bits per heavy atom. The molecule has 4 atom stereocenters. The van der Waals surface area contributed by atoms with Crippen molar-refractivity contribution in [2.24, 2.45) is 0 Å². The Morgan fingerprint density at radius 3 is 2.90 bits per heavy atom. The van der Waals surface area contributed by atoms with E-state index in [-0.39, 0.29) is 12.1 Å². The second-order valence-corrected chi connectivity index (χ2v) is 12.8. The zero-order valence-electron chi connectivity index (χ0n) is 23.7. The van der Waals surface area contributed by atoms with Crippen LogP contribution in [0.3, 0.4) is 0 Å². The second kappa shape index (κ2) is 10.7. The summed E-state index contributed by atoms with van der Waals surface area (Å²) in [5.74, 6) is 2.57. The number of piperazine rings is 1. The Balaban J connectivity index is 1.37. The van der Waals surface area contributed by atoms with Gasteiger partial charge in [0.15, 0.2) is 11.5 Å². The van der Waals surface area contributed by atoms with Gasteiger partial charge in [0.25, 0.3) is 0 Å². The number of hydrogen-bond acceptors (Lipinski definition) is 10. The van der Waals surface area contributed by atoms with Gasteiger partial charge >= 0.3 is 0 Å². The van der Waals surface area contributed by atoms with Crippen LogP contribution in [0, 0.1) is 6.57 Å². The van der Waals surface area contributed by atoms with Crippen LogP contribution < -0.4 is 20.7 Å². The summed E-state index contributed by atoms with van der Waals surface area (Å²) in [5, 5.41) is 8.49. The van der Waals surface area contributed by atoms with Crippen LogP contribution in [0.2, 0.25) is 0 Å². The SMILES string of the molecule is [C-]#[N+]c1c(N)sc2c1[C@@](C)(c1cc(-c3nc(O[C@@H](C)[C@@H]4CCCN4C)cc(N4CCNC[C@H]4C)n3)no1)CCC2. The maximum atomic E-state index is 7.77. The highest BCUT2D eigenvalue weighted by Crippen LogP contribution is 2.53. The molecule has 3 aromatic rings. The number of ether oxygens (including phenoxy) is 1. The minimum absolute atomic E-state index is 0.00733. The molecule has 2 aliphatic heterocycles. The number of nitrogens with one attached hydrogen (secondary N) is 1. The van der Waals surface area contributed by atoms with Crippen LogP contribution in [-0.4, -0.2) is 71.4 Å². The van der Waals surface area contributed by atoms with E-state index in [1.54, 1.807) is 0 Å². The van der Waals surface area contributed by atoms with Crippen molar-refractivity contribution in [1.82, 2.24) is 25.3 Å². The number of thiophene rings is 1. The molecule has 40 heavy (non-hydrogen) atoms. The Labute approximate surface area is 239 Å². The lowest BCUT2D eigenvalue weighted by molar-refractivity contribution is 0.117. The van der Waals surface area contributed by atoms with Crippen molar-refractivity contribution in [2.75, 3.05) is 43.9 Å². The molecule has 5 heterocycles. The standard InChI is InChI=1S/C29H38N8O2S/c1-17-16-32-11-13-37(17)23-15-24(38-18(2)20-8-7-12-36(20)5)34-28(33-23)19-14-22(39-35-19)29(3)10-6-9-21-25(29)26(31-4)27(30)40-21/h14-15,17-18,20,32H,6-13,16,30H2,1-3,5H3/t17-,18+,20+,29-/m1/s1. The lowest BCUT2D eigenvalue weighted by atomic mass is 9.71. The predicted molar refractivity (Wildman–Crippen MR) is 157 cm³/mol. The molecule has 2 saturated heterocycles. The number of likely N-dealkylation sites (tertiary alicyclic amines) is 1. The third kappa shape index (κ3) is 4.72. The summed E-state index contributed by atoms with van der Waals surface area (Å²) in [5.41, 5.74) is 7.86. The average molecular weight is 563 g/mol. The first-order valence-corrected chi connectivity index (χ1v) is 15.1. The molecule has 0 unspecified atom stereocenters. The molecular weight excluding hydrogens is 524 g/mol. The van der Waals surface area contributed by atoms with Crippen LogP contribution in [0.4, 0.5) is 16.5 Å². The maximum absolute atomic E-state index is 7.77. The molecular formula is C29H38N8O2S. The summed E-state index contributed by atoms with van der Waals surface area (Å²) in [7, 11) is 2.16. The number of fused-ring (bicyclic) bond motifs is 1. The predicted octanol–water partition coefficient (Wildman–Crippen LogP) is 4.63. The highest BCUT2D eigenvalue weighted by Gasteiger charge is 2.41. The third-order valence-electron chi connectivity index (χ3n) is 8.92. The molecule has 3 aromatic heterocycles. The van der Waals surface area contributed by atoms with Crippen LogP contribution in [0.5, 0.6) is 5.88 Å². The van der Waals surface area contributed by atoms with Crippen molar-refractivity contribution in [3.05, 3.63) is 39.8 Å². The first-order chi connectivity index (χ1) is 19.3. The highest BCUT2D eigenvalue weighted by molar-refractivity contribution is 7.16. The van der Waals surface area contributed by atoms with Crippen LogP contribution in [0.1, 0.15) is 62.7 Å². The van der Waals surface area contributed by atoms with E-state index in [4.69, 9.17) is 31.5 Å². The number of aryl methyl sites for hydroxylation is 1. The minimum atomic E-state index is -0.488. The number of nitrogens with zero attached hydrogens (tertiary/aromatic N) is 6. The van der Waals surface area contributed by atoms with E-state index < -0.39 is 5.41 Å². The van der Waals surface area contributed by atoms with Crippen molar-refractivity contribution in [2.45, 2.75) is 76.5 Å². The van der Waals surface area contributed by atoms with Crippen molar-refractivity contribution < 1.29 is 9.26 Å². The van der Waals surface area contributed by atoms with E-state index in [1.165, 1.54) is 22.6 Å². The van der Waals surface area contributed by atoms with Crippen LogP contribution in [0.25, 0.3) is 16.4 Å². The van der Waals surface area contributed by atoms with Crippen LogP contribution in [-0.2, 0) is 11.8 Å². The van der Waals surface area contributed by atoms with Crippen molar-refractivity contribution in [1.29, 1.82) is 0 Å². The summed E-state index contributed by atoms with van der Waals surface area (Å²) < 4.78 is 12.5. The first kappa shape index (κ1) is 27.0. The zero-order chi connectivity index (χ0) is 28.0. The zero-order valence-corrected chi connectivity index (χ0v) is 24.6. The van der Waals surface area contributed by atoms with E-state index in [0.29, 0.717) is 39.9 Å². The lowest BCUT2D eigenvalue weighted by Crippen LogP contribution is -2.50. The summed E-state index contributed by atoms with van der Waals surface area (Å²) in [6, 6.07) is 4.54. The first-order valence-electron chi connectivity index (χ1n) is 14.3. The third-order valence-corrected chi connectivity index (χ3v) is 9.99. The van der Waals surface area contributed by atoms with Gasteiger partial charge in [0.1, 0.15) is 17.7 Å². The summed E-state index contributed by atoms with van der Waals surface area (Å²) in [6.07, 6.45) is 5.07. The van der Waals surface area contributed by atoms with E-state index in [9.17, 15) is 0 Å². The molecule has 1 aliphatic carbocycles. The molecule has 212 valence electrons. The van der Waals surface area contributed by atoms with Crippen molar-refractivity contribution in [3.63, 3.8) is 0 Å². The Bertz CT molecular complexity index is 1430. The Kier molecular flexibility index (Phi) is 7.19. The van der Waals surface area contributed by atoms with Gasteiger partial charge in [0, 0.05) is 49.3 Å². The summed E-state index contributed by atoms with van der Waals surface area (Å²) >= 11 is 1.52. The van der Waals surface area contributed by atoms with Gasteiger partial charge in [-0.25, -0.2) is 9.83 Å². The monoisotopic (exact) mass is 562 g/mol. The topological polar surface area (TPSA) is 110 Å². The van der Waals surface area contributed by atoms with Gasteiger partial charge in [0.05, 0.1) is 11.6 Å². The molecule has 3 aliphatic rings. The fraction of sp³-hybridized carbons (Fsp3) is 0.586. The van der Waals surface area contributed by atoms with Crippen molar-refractivity contribution >= 4 is 27.8 Å². The fourth-order valence-electron chi connectivity index (χ4n) is 6.67. The van der Waals surface area contributed by atoms with Crippen LogP contribution in [0.15, 0.2) is 16.7 Å². The number of likely N-dealkylation sites (N-methyl/N-ethyl adjacent to an activating group) is 1. The molecule has 2 fully saturated rings. The average Bonchev–Trinajstić information content (AvgIpc) is 3.67. The number of nitrogens with two attached hydrogens (primary N) is 1. The summed E-state index contributed by atoms with van der Waals surface area (Å²) in [4.78, 5) is 19.4. The van der Waals surface area contributed by atoms with Crippen molar-refractivity contribution in [3.8, 4) is 17.4 Å². The highest BCUT2D eigenvalue weighted by atomic mass is 32.1. The molecule has 0 spiro atoms. The molecule has 0 radical (unpaired) electrons. The number of hydrogen-bond donors (Lipinski definition) is 2. The fourth-order valence-corrected chi connectivity index (χ4v) is 7.85. The second-order valence-electron chi connectivity index (χ2n) is 11.6. The molecule has 0 saturated carbocycles. The number of anilines is 2. The number of aromatic nitrogens is 3. The molecule has 0 amide bonds. The maximum Gasteiger partial charge on any atom is 0.224 e. The molecule has 11 heteroatoms. The largest absolute Gasteiger partial charge is 0.473 e. The lowest BCUT2D eigenvalue weighted by Gasteiger charge is -2.35. The van der Waals surface area contributed by atoms with Crippen LogP contribution >= 0.6 is 11.3 Å². The number of rotatable bonds is 6. The normalized spacial score (nSPS) is 25.9. The molecule has 0 aromatic carbocycles. The molecule has 10 nitrogen and oxygen atoms in total. The Hall–Kier alpha value is -3.20. The Morgan fingerprint density at radius 1 is 1.30 bits per heavy atom. The summed E-state index contributed by atoms with van der Waals surface area (Å²) in [6.45, 7) is 17.9. The van der Waals surface area contributed by atoms with E-state index in [1.807, 2.05) is 12.1 Å². The van der Waals surface area contributed by atoms with E-state index in [0.717, 1.165) is 63.2 Å². The molecule has 6 rings (SSSR count). The van der Waals surface area contributed by atoms with E-state index in [2.05, 4.69) is 52.9 Å². The molecule has 3 N–H and O–H groups in total. The van der Waals surface area contributed by atoms with Gasteiger partial charge in [-0.05, 0) is 76.9 Å². The van der Waals surface area contributed by atoms with Gasteiger partial charge in [-0.2, -0.15) is 4.98 Å². The molecule has 0 bridgehead atoms. The number of nitrogen functional groups attached to an aromatic ring is 1. The smallest absolute Gasteiger partial charge is 0.224 e. The quantitative estimate of drug-likeness (QED) is 0.416. The van der Waals surface area contributed by atoms with Gasteiger partial charge in [-0.15, -0.1) is 11.3 Å².